The average molecular weight is 375 g/mol. The van der Waals surface area contributed by atoms with Gasteiger partial charge >= 0.3 is 0 Å². The number of aromatic nitrogens is 1. The molecule has 0 saturated heterocycles. The van der Waals surface area contributed by atoms with E-state index in [1.54, 1.807) is 13.3 Å². The summed E-state index contributed by atoms with van der Waals surface area (Å²) in [6.45, 7) is 4.36. The summed E-state index contributed by atoms with van der Waals surface area (Å²) in [5, 5.41) is 0. The van der Waals surface area contributed by atoms with E-state index >= 15 is 0 Å². The smallest absolute Gasteiger partial charge is 0.283 e. The molecule has 0 aliphatic carbocycles. The van der Waals surface area contributed by atoms with E-state index < -0.39 is 5.54 Å². The Morgan fingerprint density at radius 2 is 1.71 bits per heavy atom. The first-order valence-corrected chi connectivity index (χ1v) is 9.35. The van der Waals surface area contributed by atoms with E-state index in [0.29, 0.717) is 6.61 Å². The second-order valence-corrected chi connectivity index (χ2v) is 6.15. The minimum Gasteiger partial charge on any atom is -0.497 e. The van der Waals surface area contributed by atoms with Crippen LogP contribution < -0.4 is 10.5 Å². The third-order valence-corrected chi connectivity index (χ3v) is 4.63. The number of benzene rings is 2. The average Bonchev–Trinajstić information content (AvgIpc) is 3.19. The number of nitrogens with zero attached hydrogens (tertiary/aromatic N) is 2. The van der Waals surface area contributed by atoms with Crippen LogP contribution in [0.3, 0.4) is 0 Å². The van der Waals surface area contributed by atoms with Gasteiger partial charge in [-0.25, -0.2) is 4.99 Å². The molecule has 3 aromatic rings. The van der Waals surface area contributed by atoms with Gasteiger partial charge in [0.2, 0.25) is 0 Å². The Labute approximate surface area is 165 Å². The SMILES string of the molecule is CC.COc1ccc(C2(c3cccc(-c4cccnc4)c3)COC(N)=N2)cc1. The Balaban J connectivity index is 0.00000109. The predicted molar refractivity (Wildman–Crippen MR) is 112 cm³/mol. The topological polar surface area (TPSA) is 69.7 Å². The molecule has 0 spiro atoms. The number of amidine groups is 1. The zero-order chi connectivity index (χ0) is 20.0. The molecular formula is C23H25N3O2. The number of hydrogen-bond acceptors (Lipinski definition) is 5. The molecule has 5 nitrogen and oxygen atoms in total. The molecule has 1 aliphatic rings. The molecule has 1 aromatic heterocycles. The van der Waals surface area contributed by atoms with E-state index in [9.17, 15) is 0 Å². The molecule has 2 heterocycles. The molecule has 1 unspecified atom stereocenters. The fourth-order valence-corrected chi connectivity index (χ4v) is 3.25. The van der Waals surface area contributed by atoms with Gasteiger partial charge in [-0.15, -0.1) is 0 Å². The largest absolute Gasteiger partial charge is 0.497 e. The summed E-state index contributed by atoms with van der Waals surface area (Å²) in [4.78, 5) is 8.88. The van der Waals surface area contributed by atoms with Crippen molar-refractivity contribution in [1.82, 2.24) is 4.98 Å². The molecule has 2 N–H and O–H groups in total. The summed E-state index contributed by atoms with van der Waals surface area (Å²) in [6.07, 6.45) is 3.62. The van der Waals surface area contributed by atoms with Crippen molar-refractivity contribution in [3.63, 3.8) is 0 Å². The van der Waals surface area contributed by atoms with Crippen molar-refractivity contribution < 1.29 is 9.47 Å². The van der Waals surface area contributed by atoms with Crippen molar-refractivity contribution in [2.45, 2.75) is 19.4 Å². The minimum absolute atomic E-state index is 0.201. The van der Waals surface area contributed by atoms with Gasteiger partial charge in [-0.1, -0.05) is 50.2 Å². The molecule has 144 valence electrons. The molecule has 1 aliphatic heterocycles. The Hall–Kier alpha value is -3.34. The zero-order valence-corrected chi connectivity index (χ0v) is 16.4. The van der Waals surface area contributed by atoms with Crippen LogP contribution in [-0.2, 0) is 10.3 Å². The van der Waals surface area contributed by atoms with Gasteiger partial charge in [0.05, 0.1) is 7.11 Å². The molecule has 0 radical (unpaired) electrons. The molecular weight excluding hydrogens is 350 g/mol. The van der Waals surface area contributed by atoms with Crippen LogP contribution >= 0.6 is 0 Å². The molecule has 4 rings (SSSR count). The summed E-state index contributed by atoms with van der Waals surface area (Å²) < 4.78 is 10.8. The van der Waals surface area contributed by atoms with E-state index in [1.165, 1.54) is 0 Å². The summed E-state index contributed by atoms with van der Waals surface area (Å²) in [6, 6.07) is 20.3. The molecule has 0 saturated carbocycles. The molecule has 0 bridgehead atoms. The molecule has 0 amide bonds. The van der Waals surface area contributed by atoms with E-state index in [-0.39, 0.29) is 6.02 Å². The van der Waals surface area contributed by atoms with Gasteiger partial charge in [-0.05, 0) is 46.5 Å². The monoisotopic (exact) mass is 375 g/mol. The van der Waals surface area contributed by atoms with Crippen LogP contribution in [-0.4, -0.2) is 24.7 Å². The normalized spacial score (nSPS) is 17.8. The van der Waals surface area contributed by atoms with Gasteiger partial charge in [0.25, 0.3) is 6.02 Å². The molecule has 2 aromatic carbocycles. The highest BCUT2D eigenvalue weighted by Gasteiger charge is 2.40. The lowest BCUT2D eigenvalue weighted by Gasteiger charge is -2.26. The molecule has 5 heteroatoms. The van der Waals surface area contributed by atoms with E-state index in [0.717, 1.165) is 28.0 Å². The van der Waals surface area contributed by atoms with Crippen LogP contribution in [0.1, 0.15) is 25.0 Å². The van der Waals surface area contributed by atoms with Crippen molar-refractivity contribution in [3.05, 3.63) is 84.2 Å². The van der Waals surface area contributed by atoms with Gasteiger partial charge in [0, 0.05) is 12.4 Å². The van der Waals surface area contributed by atoms with Gasteiger partial charge in [-0.3, -0.25) is 4.98 Å². The van der Waals surface area contributed by atoms with Gasteiger partial charge in [0.1, 0.15) is 12.4 Å². The van der Waals surface area contributed by atoms with E-state index in [4.69, 9.17) is 15.2 Å². The molecule has 28 heavy (non-hydrogen) atoms. The molecule has 1 atom stereocenters. The number of aliphatic imine (C=N–C) groups is 1. The van der Waals surface area contributed by atoms with Crippen LogP contribution in [0.4, 0.5) is 0 Å². The second kappa shape index (κ2) is 8.57. The first-order valence-electron chi connectivity index (χ1n) is 9.35. The molecule has 0 fully saturated rings. The van der Waals surface area contributed by atoms with Crippen LogP contribution in [0.25, 0.3) is 11.1 Å². The van der Waals surface area contributed by atoms with Crippen molar-refractivity contribution in [2.24, 2.45) is 10.7 Å². The standard InChI is InChI=1S/C21H19N3O2.C2H6/c1-25-19-9-7-17(8-10-19)21(14-26-20(22)24-21)18-6-2-4-15(12-18)16-5-3-11-23-13-16;1-2/h2-13H,14H2,1H3,(H2,22,24);1-2H3. The number of ether oxygens (including phenoxy) is 2. The fraction of sp³-hybridized carbons (Fsp3) is 0.217. The lowest BCUT2D eigenvalue weighted by atomic mass is 9.83. The first kappa shape index (κ1) is 19.4. The summed E-state index contributed by atoms with van der Waals surface area (Å²) >= 11 is 0. The third kappa shape index (κ3) is 3.69. The van der Waals surface area contributed by atoms with Crippen molar-refractivity contribution in [3.8, 4) is 16.9 Å². The third-order valence-electron chi connectivity index (χ3n) is 4.63. The van der Waals surface area contributed by atoms with Crippen molar-refractivity contribution in [1.29, 1.82) is 0 Å². The maximum absolute atomic E-state index is 5.88. The Kier molecular flexibility index (Phi) is 5.94. The Morgan fingerprint density at radius 3 is 2.32 bits per heavy atom. The van der Waals surface area contributed by atoms with Crippen LogP contribution in [0.5, 0.6) is 5.75 Å². The van der Waals surface area contributed by atoms with E-state index in [2.05, 4.69) is 28.2 Å². The summed E-state index contributed by atoms with van der Waals surface area (Å²) in [7, 11) is 1.65. The van der Waals surface area contributed by atoms with Gasteiger partial charge in [0.15, 0.2) is 5.54 Å². The zero-order valence-electron chi connectivity index (χ0n) is 16.4. The maximum atomic E-state index is 5.88. The highest BCUT2D eigenvalue weighted by Crippen LogP contribution is 2.39. The van der Waals surface area contributed by atoms with Crippen LogP contribution in [0, 0.1) is 0 Å². The minimum atomic E-state index is -0.672. The highest BCUT2D eigenvalue weighted by molar-refractivity contribution is 5.75. The Morgan fingerprint density at radius 1 is 0.964 bits per heavy atom. The van der Waals surface area contributed by atoms with Gasteiger partial charge in [-0.2, -0.15) is 0 Å². The van der Waals surface area contributed by atoms with Crippen molar-refractivity contribution in [2.75, 3.05) is 13.7 Å². The summed E-state index contributed by atoms with van der Waals surface area (Å²) in [5.74, 6) is 0.795. The number of methoxy groups -OCH3 is 1. The fourth-order valence-electron chi connectivity index (χ4n) is 3.25. The van der Waals surface area contributed by atoms with Crippen LogP contribution in [0.2, 0.25) is 0 Å². The lowest BCUT2D eigenvalue weighted by molar-refractivity contribution is 0.278. The summed E-state index contributed by atoms with van der Waals surface area (Å²) in [5.41, 5.74) is 9.36. The number of hydrogen-bond donors (Lipinski definition) is 1. The van der Waals surface area contributed by atoms with Crippen molar-refractivity contribution >= 4 is 6.02 Å². The highest BCUT2D eigenvalue weighted by atomic mass is 16.5. The Bertz CT molecular complexity index is 940. The van der Waals surface area contributed by atoms with Crippen LogP contribution in [0.15, 0.2) is 78.0 Å². The lowest BCUT2D eigenvalue weighted by Crippen LogP contribution is -2.27. The number of rotatable bonds is 4. The number of nitrogens with two attached hydrogens (primary N) is 1. The number of pyridine rings is 1. The second-order valence-electron chi connectivity index (χ2n) is 6.15. The van der Waals surface area contributed by atoms with Gasteiger partial charge < -0.3 is 15.2 Å². The first-order chi connectivity index (χ1) is 13.7. The predicted octanol–water partition coefficient (Wildman–Crippen LogP) is 4.37. The quantitative estimate of drug-likeness (QED) is 0.735. The maximum Gasteiger partial charge on any atom is 0.283 e. The van der Waals surface area contributed by atoms with E-state index in [1.807, 2.05) is 62.5 Å².